The maximum atomic E-state index is 11.0. The average Bonchev–Trinajstić information content (AvgIpc) is 3.18. The zero-order valence-corrected chi connectivity index (χ0v) is 17.8. The maximum Gasteiger partial charge on any atom is 0.345 e. The van der Waals surface area contributed by atoms with Crippen LogP contribution in [-0.2, 0) is 6.42 Å². The number of carboxylic acid groups (broad SMARTS) is 1. The van der Waals surface area contributed by atoms with Crippen LogP contribution >= 0.6 is 22.9 Å². The molecule has 1 heterocycles. The van der Waals surface area contributed by atoms with E-state index in [4.69, 9.17) is 16.7 Å². The SMILES string of the molecule is Cc1cc(C)cc(/C=C/[C@@H]2[C@@H](CCCc3ccc(C(=O)O)s3)[C@H](Cl)C[C@H]2O)c1. The molecule has 28 heavy (non-hydrogen) atoms. The number of aliphatic hydroxyl groups is 1. The lowest BCUT2D eigenvalue weighted by Gasteiger charge is -2.20. The van der Waals surface area contributed by atoms with E-state index in [-0.39, 0.29) is 17.2 Å². The van der Waals surface area contributed by atoms with Crippen molar-refractivity contribution in [2.24, 2.45) is 11.8 Å². The van der Waals surface area contributed by atoms with Gasteiger partial charge in [-0.3, -0.25) is 0 Å². The van der Waals surface area contributed by atoms with E-state index in [0.717, 1.165) is 29.7 Å². The van der Waals surface area contributed by atoms with Gasteiger partial charge in [-0.2, -0.15) is 0 Å². The third-order valence-corrected chi connectivity index (χ3v) is 7.09. The van der Waals surface area contributed by atoms with Crippen molar-refractivity contribution in [2.45, 2.75) is 51.0 Å². The fraction of sp³-hybridized carbons (Fsp3) is 0.435. The predicted molar refractivity (Wildman–Crippen MR) is 116 cm³/mol. The maximum absolute atomic E-state index is 11.0. The van der Waals surface area contributed by atoms with Gasteiger partial charge in [0.25, 0.3) is 0 Å². The largest absolute Gasteiger partial charge is 0.477 e. The van der Waals surface area contributed by atoms with E-state index in [0.29, 0.717) is 11.3 Å². The molecule has 150 valence electrons. The number of aromatic carboxylic acids is 1. The van der Waals surface area contributed by atoms with E-state index < -0.39 is 12.1 Å². The van der Waals surface area contributed by atoms with Crippen LogP contribution in [0, 0.1) is 25.7 Å². The van der Waals surface area contributed by atoms with Crippen LogP contribution < -0.4 is 0 Å². The van der Waals surface area contributed by atoms with Gasteiger partial charge in [0.2, 0.25) is 0 Å². The topological polar surface area (TPSA) is 57.5 Å². The molecule has 4 atom stereocenters. The van der Waals surface area contributed by atoms with E-state index in [1.165, 1.54) is 22.5 Å². The fourth-order valence-corrected chi connectivity index (χ4v) is 5.57. The van der Waals surface area contributed by atoms with Crippen LogP contribution in [0.3, 0.4) is 0 Å². The smallest absolute Gasteiger partial charge is 0.345 e. The molecular formula is C23H27ClO3S. The number of aryl methyl sites for hydroxylation is 3. The molecule has 0 unspecified atom stereocenters. The molecule has 0 amide bonds. The number of benzene rings is 1. The molecule has 0 aliphatic heterocycles. The lowest BCUT2D eigenvalue weighted by molar-refractivity contribution is 0.0702. The Balaban J connectivity index is 1.62. The van der Waals surface area contributed by atoms with E-state index in [1.807, 2.05) is 6.07 Å². The Morgan fingerprint density at radius 1 is 1.25 bits per heavy atom. The standard InChI is InChI=1S/C23H27ClO3S/c1-14-10-15(2)12-16(11-14)6-8-19-18(20(24)13-21(19)25)5-3-4-17-7-9-22(28-17)23(26)27/h6-12,18-21,25H,3-5,13H2,1-2H3,(H,26,27)/b8-6+/t18-,19-,20-,21-/m1/s1. The second-order valence-electron chi connectivity index (χ2n) is 7.80. The number of carboxylic acids is 1. The highest BCUT2D eigenvalue weighted by atomic mass is 35.5. The molecule has 1 aromatic heterocycles. The van der Waals surface area contributed by atoms with Crippen LogP contribution in [0.4, 0.5) is 0 Å². The Bertz CT molecular complexity index is 837. The molecule has 1 saturated carbocycles. The van der Waals surface area contributed by atoms with Crippen LogP contribution in [0.1, 0.15) is 50.5 Å². The van der Waals surface area contributed by atoms with E-state index in [1.54, 1.807) is 6.07 Å². The summed E-state index contributed by atoms with van der Waals surface area (Å²) in [6, 6.07) is 10.0. The van der Waals surface area contributed by atoms with Gasteiger partial charge in [-0.25, -0.2) is 4.79 Å². The van der Waals surface area contributed by atoms with Gasteiger partial charge in [0, 0.05) is 16.2 Å². The highest BCUT2D eigenvalue weighted by Gasteiger charge is 2.39. The van der Waals surface area contributed by atoms with Gasteiger partial charge < -0.3 is 10.2 Å². The highest BCUT2D eigenvalue weighted by Crippen LogP contribution is 2.40. The first-order valence-electron chi connectivity index (χ1n) is 9.74. The molecule has 0 saturated heterocycles. The summed E-state index contributed by atoms with van der Waals surface area (Å²) >= 11 is 7.90. The van der Waals surface area contributed by atoms with Crippen molar-refractivity contribution in [1.29, 1.82) is 0 Å². The zero-order valence-electron chi connectivity index (χ0n) is 16.3. The van der Waals surface area contributed by atoms with Gasteiger partial charge in [0.15, 0.2) is 0 Å². The lowest BCUT2D eigenvalue weighted by Crippen LogP contribution is -2.18. The van der Waals surface area contributed by atoms with Crippen LogP contribution in [0.2, 0.25) is 0 Å². The van der Waals surface area contributed by atoms with E-state index >= 15 is 0 Å². The molecule has 3 nitrogen and oxygen atoms in total. The molecule has 2 aromatic rings. The molecule has 1 fully saturated rings. The van der Waals surface area contributed by atoms with Gasteiger partial charge in [-0.05, 0) is 63.1 Å². The summed E-state index contributed by atoms with van der Waals surface area (Å²) in [5, 5.41) is 19.5. The summed E-state index contributed by atoms with van der Waals surface area (Å²) < 4.78 is 0. The van der Waals surface area contributed by atoms with Crippen LogP contribution in [0.5, 0.6) is 0 Å². The lowest BCUT2D eigenvalue weighted by atomic mass is 9.89. The number of hydrogen-bond donors (Lipinski definition) is 2. The molecule has 0 spiro atoms. The van der Waals surface area contributed by atoms with Crippen molar-refractivity contribution in [3.63, 3.8) is 0 Å². The van der Waals surface area contributed by atoms with Crippen molar-refractivity contribution in [1.82, 2.24) is 0 Å². The van der Waals surface area contributed by atoms with Crippen LogP contribution in [0.15, 0.2) is 36.4 Å². The number of carbonyl (C=O) groups is 1. The Hall–Kier alpha value is -1.62. The third-order valence-electron chi connectivity index (χ3n) is 5.46. The first-order chi connectivity index (χ1) is 13.3. The summed E-state index contributed by atoms with van der Waals surface area (Å²) in [4.78, 5) is 12.5. The molecule has 0 radical (unpaired) electrons. The fourth-order valence-electron chi connectivity index (χ4n) is 4.20. The molecule has 2 N–H and O–H groups in total. The Kier molecular flexibility index (Phi) is 6.97. The summed E-state index contributed by atoms with van der Waals surface area (Å²) in [6.07, 6.45) is 7.16. The van der Waals surface area contributed by atoms with Crippen molar-refractivity contribution >= 4 is 35.0 Å². The average molecular weight is 419 g/mol. The zero-order chi connectivity index (χ0) is 20.3. The summed E-state index contributed by atoms with van der Waals surface area (Å²) in [5.74, 6) is -0.577. The number of hydrogen-bond acceptors (Lipinski definition) is 3. The Morgan fingerprint density at radius 2 is 1.96 bits per heavy atom. The minimum atomic E-state index is -0.868. The first kappa shape index (κ1) is 21.1. The number of alkyl halides is 1. The van der Waals surface area contributed by atoms with Crippen molar-refractivity contribution in [3.8, 4) is 0 Å². The second kappa shape index (κ2) is 9.25. The molecular weight excluding hydrogens is 392 g/mol. The molecule has 1 aliphatic rings. The van der Waals surface area contributed by atoms with Crippen molar-refractivity contribution < 1.29 is 15.0 Å². The molecule has 0 bridgehead atoms. The second-order valence-corrected chi connectivity index (χ2v) is 9.53. The summed E-state index contributed by atoms with van der Waals surface area (Å²) in [7, 11) is 0. The van der Waals surface area contributed by atoms with Crippen LogP contribution in [0.25, 0.3) is 6.08 Å². The number of thiophene rings is 1. The van der Waals surface area contributed by atoms with E-state index in [9.17, 15) is 9.90 Å². The minimum Gasteiger partial charge on any atom is -0.477 e. The number of rotatable bonds is 7. The van der Waals surface area contributed by atoms with Crippen LogP contribution in [-0.4, -0.2) is 27.7 Å². The van der Waals surface area contributed by atoms with Gasteiger partial charge >= 0.3 is 5.97 Å². The highest BCUT2D eigenvalue weighted by molar-refractivity contribution is 7.13. The van der Waals surface area contributed by atoms with Crippen molar-refractivity contribution in [3.05, 3.63) is 62.9 Å². The van der Waals surface area contributed by atoms with Crippen molar-refractivity contribution in [2.75, 3.05) is 0 Å². The normalized spacial score (nSPS) is 24.9. The molecule has 5 heteroatoms. The van der Waals surface area contributed by atoms with Gasteiger partial charge in [0.05, 0.1) is 6.10 Å². The third kappa shape index (κ3) is 5.25. The quantitative estimate of drug-likeness (QED) is 0.566. The first-order valence-corrected chi connectivity index (χ1v) is 11.0. The summed E-state index contributed by atoms with van der Waals surface area (Å²) in [6.45, 7) is 4.18. The van der Waals surface area contributed by atoms with Gasteiger partial charge in [0.1, 0.15) is 4.88 Å². The molecule has 3 rings (SSSR count). The monoisotopic (exact) mass is 418 g/mol. The number of aliphatic hydroxyl groups excluding tert-OH is 1. The molecule has 1 aromatic carbocycles. The summed E-state index contributed by atoms with van der Waals surface area (Å²) in [5.41, 5.74) is 3.62. The minimum absolute atomic E-state index is 0.0261. The number of halogens is 1. The Labute approximate surface area is 175 Å². The van der Waals surface area contributed by atoms with Gasteiger partial charge in [-0.15, -0.1) is 22.9 Å². The Morgan fingerprint density at radius 3 is 2.61 bits per heavy atom. The van der Waals surface area contributed by atoms with Gasteiger partial charge in [-0.1, -0.05) is 41.5 Å². The predicted octanol–water partition coefficient (Wildman–Crippen LogP) is 5.70. The molecule has 1 aliphatic carbocycles. The van der Waals surface area contributed by atoms with E-state index in [2.05, 4.69) is 44.2 Å².